The van der Waals surface area contributed by atoms with Crippen molar-refractivity contribution in [3.63, 3.8) is 0 Å². The second-order valence-corrected chi connectivity index (χ2v) is 6.32. The van der Waals surface area contributed by atoms with Crippen LogP contribution in [0.1, 0.15) is 41.3 Å². The van der Waals surface area contributed by atoms with E-state index in [4.69, 9.17) is 4.74 Å². The van der Waals surface area contributed by atoms with Gasteiger partial charge in [0.2, 0.25) is 5.78 Å². The van der Waals surface area contributed by atoms with Gasteiger partial charge < -0.3 is 4.74 Å². The maximum Gasteiger partial charge on any atom is 0.232 e. The van der Waals surface area contributed by atoms with E-state index in [0.29, 0.717) is 23.0 Å². The number of rotatable bonds is 2. The van der Waals surface area contributed by atoms with Crippen LogP contribution in [-0.4, -0.2) is 5.78 Å². The Kier molecular flexibility index (Phi) is 3.68. The van der Waals surface area contributed by atoms with E-state index in [0.717, 1.165) is 10.0 Å². The molecule has 0 N–H and O–H groups in total. The molecule has 0 radical (unpaired) electrons. The Balaban J connectivity index is 1.90. The monoisotopic (exact) mass is 342 g/mol. The Morgan fingerprint density at radius 3 is 2.48 bits per heavy atom. The quantitative estimate of drug-likeness (QED) is 0.702. The highest BCUT2D eigenvalue weighted by molar-refractivity contribution is 9.10. The third-order valence-corrected chi connectivity index (χ3v) is 4.02. The highest BCUT2D eigenvalue weighted by atomic mass is 79.9. The van der Waals surface area contributed by atoms with E-state index >= 15 is 0 Å². The van der Waals surface area contributed by atoms with Gasteiger partial charge in [-0.25, -0.2) is 0 Å². The van der Waals surface area contributed by atoms with E-state index in [9.17, 15) is 4.79 Å². The summed E-state index contributed by atoms with van der Waals surface area (Å²) in [6, 6.07) is 13.7. The van der Waals surface area contributed by atoms with Crippen molar-refractivity contribution in [2.75, 3.05) is 0 Å². The first kappa shape index (κ1) is 14.1. The third kappa shape index (κ3) is 2.79. The van der Waals surface area contributed by atoms with Gasteiger partial charge in [-0.3, -0.25) is 4.79 Å². The van der Waals surface area contributed by atoms with E-state index in [1.807, 2.05) is 18.2 Å². The largest absolute Gasteiger partial charge is 0.452 e. The standard InChI is InChI=1S/C18H15BrO2/c1-11(2)13-5-3-12(4-6-13)9-17-18(20)15-10-14(19)7-8-16(15)21-17/h3-11H,1-2H3/b17-9-. The molecule has 2 aromatic carbocycles. The number of ketones is 1. The predicted octanol–water partition coefficient (Wildman–Crippen LogP) is 5.19. The summed E-state index contributed by atoms with van der Waals surface area (Å²) in [5, 5.41) is 0. The van der Waals surface area contributed by atoms with Crippen molar-refractivity contribution in [3.05, 3.63) is 69.4 Å². The second-order valence-electron chi connectivity index (χ2n) is 5.40. The third-order valence-electron chi connectivity index (χ3n) is 3.53. The predicted molar refractivity (Wildman–Crippen MR) is 87.6 cm³/mol. The van der Waals surface area contributed by atoms with Gasteiger partial charge in [-0.05, 0) is 41.3 Å². The maximum absolute atomic E-state index is 12.3. The smallest absolute Gasteiger partial charge is 0.232 e. The minimum absolute atomic E-state index is 0.0702. The SMILES string of the molecule is CC(C)c1ccc(/C=C2\Oc3ccc(Br)cc3C2=O)cc1. The molecule has 3 heteroatoms. The van der Waals surface area contributed by atoms with Gasteiger partial charge >= 0.3 is 0 Å². The summed E-state index contributed by atoms with van der Waals surface area (Å²) in [6.45, 7) is 4.32. The van der Waals surface area contributed by atoms with Gasteiger partial charge in [0.25, 0.3) is 0 Å². The molecule has 0 saturated carbocycles. The summed E-state index contributed by atoms with van der Waals surface area (Å²) >= 11 is 3.37. The average molecular weight is 343 g/mol. The highest BCUT2D eigenvalue weighted by Crippen LogP contribution is 2.33. The Hall–Kier alpha value is -1.87. The molecule has 0 fully saturated rings. The van der Waals surface area contributed by atoms with Crippen molar-refractivity contribution < 1.29 is 9.53 Å². The molecule has 0 saturated heterocycles. The number of allylic oxidation sites excluding steroid dienone is 1. The van der Waals surface area contributed by atoms with Gasteiger partial charge in [0.15, 0.2) is 5.76 Å². The molecule has 21 heavy (non-hydrogen) atoms. The Labute approximate surface area is 132 Å². The first-order valence-electron chi connectivity index (χ1n) is 6.88. The van der Waals surface area contributed by atoms with Crippen molar-refractivity contribution >= 4 is 27.8 Å². The van der Waals surface area contributed by atoms with Crippen molar-refractivity contribution in [3.8, 4) is 5.75 Å². The lowest BCUT2D eigenvalue weighted by Gasteiger charge is -2.05. The number of ether oxygens (including phenoxy) is 1. The van der Waals surface area contributed by atoms with Crippen molar-refractivity contribution in [1.29, 1.82) is 0 Å². The summed E-state index contributed by atoms with van der Waals surface area (Å²) in [5.41, 5.74) is 2.85. The molecule has 0 unspecified atom stereocenters. The van der Waals surface area contributed by atoms with Gasteiger partial charge in [-0.2, -0.15) is 0 Å². The van der Waals surface area contributed by atoms with Crippen molar-refractivity contribution in [2.45, 2.75) is 19.8 Å². The van der Waals surface area contributed by atoms with Crippen LogP contribution < -0.4 is 4.74 Å². The fourth-order valence-corrected chi connectivity index (χ4v) is 2.65. The van der Waals surface area contributed by atoms with Crippen LogP contribution in [0.3, 0.4) is 0 Å². The summed E-state index contributed by atoms with van der Waals surface area (Å²) < 4.78 is 6.52. The van der Waals surface area contributed by atoms with Crippen LogP contribution >= 0.6 is 15.9 Å². The lowest BCUT2D eigenvalue weighted by Crippen LogP contribution is -1.98. The number of benzene rings is 2. The zero-order valence-electron chi connectivity index (χ0n) is 11.9. The molecule has 2 aromatic rings. The summed E-state index contributed by atoms with van der Waals surface area (Å²) in [7, 11) is 0. The van der Waals surface area contributed by atoms with E-state index in [1.165, 1.54) is 5.56 Å². The van der Waals surface area contributed by atoms with Gasteiger partial charge in [0.05, 0.1) is 5.56 Å². The summed E-state index contributed by atoms with van der Waals surface area (Å²) in [4.78, 5) is 12.3. The maximum atomic E-state index is 12.3. The van der Waals surface area contributed by atoms with E-state index in [1.54, 1.807) is 18.2 Å². The molecule has 1 aliphatic rings. The Morgan fingerprint density at radius 1 is 1.10 bits per heavy atom. The van der Waals surface area contributed by atoms with Crippen LogP contribution in [0.4, 0.5) is 0 Å². The van der Waals surface area contributed by atoms with Crippen LogP contribution in [0, 0.1) is 0 Å². The number of hydrogen-bond donors (Lipinski definition) is 0. The fraction of sp³-hybridized carbons (Fsp3) is 0.167. The van der Waals surface area contributed by atoms with Crippen LogP contribution in [-0.2, 0) is 0 Å². The number of fused-ring (bicyclic) bond motifs is 1. The average Bonchev–Trinajstić information content (AvgIpc) is 2.76. The highest BCUT2D eigenvalue weighted by Gasteiger charge is 2.27. The van der Waals surface area contributed by atoms with Gasteiger partial charge in [-0.1, -0.05) is 54.0 Å². The molecule has 2 nitrogen and oxygen atoms in total. The molecule has 3 rings (SSSR count). The number of halogens is 1. The number of Topliss-reactive ketones (excluding diaryl/α,β-unsaturated/α-hetero) is 1. The lowest BCUT2D eigenvalue weighted by molar-refractivity contribution is 0.101. The molecule has 0 bridgehead atoms. The first-order valence-corrected chi connectivity index (χ1v) is 7.67. The van der Waals surface area contributed by atoms with Crippen LogP contribution in [0.25, 0.3) is 6.08 Å². The van der Waals surface area contributed by atoms with E-state index in [-0.39, 0.29) is 5.78 Å². The Bertz CT molecular complexity index is 727. The normalized spacial score (nSPS) is 15.4. The minimum Gasteiger partial charge on any atom is -0.452 e. The molecule has 1 heterocycles. The van der Waals surface area contributed by atoms with Crippen LogP contribution in [0.15, 0.2) is 52.7 Å². The molecule has 0 atom stereocenters. The molecule has 0 spiro atoms. The van der Waals surface area contributed by atoms with Crippen molar-refractivity contribution in [2.24, 2.45) is 0 Å². The molecular formula is C18H15BrO2. The number of carbonyl (C=O) groups excluding carboxylic acids is 1. The number of carbonyl (C=O) groups is 1. The molecule has 1 aliphatic heterocycles. The van der Waals surface area contributed by atoms with Gasteiger partial charge in [0, 0.05) is 4.47 Å². The summed E-state index contributed by atoms with van der Waals surface area (Å²) in [6.07, 6.45) is 1.79. The van der Waals surface area contributed by atoms with Gasteiger partial charge in [0.1, 0.15) is 5.75 Å². The fourth-order valence-electron chi connectivity index (χ4n) is 2.29. The molecule has 0 aliphatic carbocycles. The van der Waals surface area contributed by atoms with Crippen LogP contribution in [0.5, 0.6) is 5.75 Å². The molecular weight excluding hydrogens is 328 g/mol. The topological polar surface area (TPSA) is 26.3 Å². The molecule has 106 valence electrons. The zero-order chi connectivity index (χ0) is 15.0. The molecule has 0 aromatic heterocycles. The number of hydrogen-bond acceptors (Lipinski definition) is 2. The lowest BCUT2D eigenvalue weighted by atomic mass is 10.0. The minimum atomic E-state index is -0.0702. The first-order chi connectivity index (χ1) is 10.0. The van der Waals surface area contributed by atoms with E-state index in [2.05, 4.69) is 41.9 Å². The second kappa shape index (κ2) is 5.49. The summed E-state index contributed by atoms with van der Waals surface area (Å²) in [5.74, 6) is 1.42. The Morgan fingerprint density at radius 2 is 1.81 bits per heavy atom. The molecule has 0 amide bonds. The zero-order valence-corrected chi connectivity index (χ0v) is 13.5. The van der Waals surface area contributed by atoms with Crippen LogP contribution in [0.2, 0.25) is 0 Å². The van der Waals surface area contributed by atoms with Gasteiger partial charge in [-0.15, -0.1) is 0 Å². The van der Waals surface area contributed by atoms with Crippen molar-refractivity contribution in [1.82, 2.24) is 0 Å². The van der Waals surface area contributed by atoms with E-state index < -0.39 is 0 Å².